The molecule has 0 unspecified atom stereocenters. The van der Waals surface area contributed by atoms with E-state index >= 15 is 0 Å². The Morgan fingerprint density at radius 1 is 1.02 bits per heavy atom. The number of carbonyl (C=O) groups is 1. The monoisotopic (exact) mass is 556 g/mol. The smallest absolute Gasteiger partial charge is 0.232 e. The molecule has 8 rings (SSSR count). The van der Waals surface area contributed by atoms with Gasteiger partial charge in [0.15, 0.2) is 5.82 Å². The van der Waals surface area contributed by atoms with E-state index in [0.717, 1.165) is 93.2 Å². The predicted molar refractivity (Wildman–Crippen MR) is 155 cm³/mol. The molecule has 3 aromatic rings. The van der Waals surface area contributed by atoms with E-state index in [1.807, 2.05) is 12.1 Å². The predicted octanol–water partition coefficient (Wildman–Crippen LogP) is 6.46. The Hall–Kier alpha value is -3.26. The Morgan fingerprint density at radius 3 is 2.59 bits per heavy atom. The number of aromatic nitrogens is 3. The van der Waals surface area contributed by atoms with E-state index < -0.39 is 0 Å². The van der Waals surface area contributed by atoms with Gasteiger partial charge in [0.05, 0.1) is 12.5 Å². The minimum atomic E-state index is -0.00998. The van der Waals surface area contributed by atoms with Crippen molar-refractivity contribution in [3.63, 3.8) is 0 Å². The summed E-state index contributed by atoms with van der Waals surface area (Å²) in [6.07, 6.45) is 13.4. The van der Waals surface area contributed by atoms with Crippen molar-refractivity contribution in [1.29, 1.82) is 0 Å². The van der Waals surface area contributed by atoms with E-state index in [2.05, 4.69) is 39.3 Å². The minimum absolute atomic E-state index is 0.00998. The lowest BCUT2D eigenvalue weighted by molar-refractivity contribution is -0.152. The van der Waals surface area contributed by atoms with Crippen molar-refractivity contribution in [2.45, 2.75) is 82.0 Å². The Kier molecular flexibility index (Phi) is 7.05. The van der Waals surface area contributed by atoms with Crippen molar-refractivity contribution in [1.82, 2.24) is 15.1 Å². The fourth-order valence-corrected chi connectivity index (χ4v) is 7.93. The van der Waals surface area contributed by atoms with E-state index in [0.29, 0.717) is 24.1 Å². The van der Waals surface area contributed by atoms with Crippen LogP contribution >= 0.6 is 0 Å². The fraction of sp³-hybridized carbons (Fsp3) is 0.576. The Labute approximate surface area is 241 Å². The van der Waals surface area contributed by atoms with Crippen molar-refractivity contribution >= 4 is 11.6 Å². The molecule has 216 valence electrons. The molecule has 1 aliphatic heterocycles. The molecule has 0 N–H and O–H groups in total. The zero-order valence-electron chi connectivity index (χ0n) is 24.0. The summed E-state index contributed by atoms with van der Waals surface area (Å²) in [5.74, 6) is 3.30. The summed E-state index contributed by atoms with van der Waals surface area (Å²) in [5, 5.41) is 4.37. The van der Waals surface area contributed by atoms with Crippen molar-refractivity contribution in [2.75, 3.05) is 31.8 Å². The van der Waals surface area contributed by atoms with Crippen LogP contribution in [0, 0.1) is 11.3 Å². The summed E-state index contributed by atoms with van der Waals surface area (Å²) >= 11 is 0. The van der Waals surface area contributed by atoms with Crippen LogP contribution in [0.15, 0.2) is 47.1 Å². The summed E-state index contributed by atoms with van der Waals surface area (Å²) in [6.45, 7) is 2.28. The minimum Gasteiger partial charge on any atom is -0.481 e. The van der Waals surface area contributed by atoms with Crippen LogP contribution in [0.1, 0.15) is 88.3 Å². The van der Waals surface area contributed by atoms with Crippen molar-refractivity contribution < 1.29 is 18.8 Å². The van der Waals surface area contributed by atoms with Crippen LogP contribution in [-0.2, 0) is 14.9 Å². The first-order valence-electron chi connectivity index (χ1n) is 15.4. The molecule has 3 heterocycles. The Morgan fingerprint density at radius 2 is 1.80 bits per heavy atom. The normalized spacial score (nSPS) is 26.2. The van der Waals surface area contributed by atoms with Gasteiger partial charge in [-0.25, -0.2) is 4.98 Å². The van der Waals surface area contributed by atoms with Crippen LogP contribution in [-0.4, -0.2) is 47.9 Å². The van der Waals surface area contributed by atoms with Crippen molar-refractivity contribution in [2.24, 2.45) is 11.3 Å². The molecule has 2 bridgehead atoms. The molecule has 8 nitrogen and oxygen atoms in total. The summed E-state index contributed by atoms with van der Waals surface area (Å²) in [6, 6.07) is 12.3. The lowest BCUT2D eigenvalue weighted by atomic mass is 9.35. The van der Waals surface area contributed by atoms with E-state index in [1.165, 1.54) is 19.3 Å². The second kappa shape index (κ2) is 10.9. The van der Waals surface area contributed by atoms with Crippen LogP contribution in [0.25, 0.3) is 11.1 Å². The van der Waals surface area contributed by atoms with Gasteiger partial charge >= 0.3 is 0 Å². The highest BCUT2D eigenvalue weighted by Crippen LogP contribution is 2.73. The van der Waals surface area contributed by atoms with Crippen LogP contribution in [0.4, 0.5) is 5.69 Å². The molecular weight excluding hydrogens is 516 g/mol. The molecule has 5 aliphatic rings. The average Bonchev–Trinajstić information content (AvgIpc) is 3.47. The third-order valence-corrected chi connectivity index (χ3v) is 10.0. The van der Waals surface area contributed by atoms with Gasteiger partial charge in [0.1, 0.15) is 0 Å². The molecule has 1 amide bonds. The van der Waals surface area contributed by atoms with Gasteiger partial charge in [0.2, 0.25) is 17.7 Å². The molecule has 2 aromatic heterocycles. The molecule has 1 aromatic carbocycles. The number of anilines is 1. The lowest BCUT2D eigenvalue weighted by Gasteiger charge is -2.69. The third-order valence-electron chi connectivity index (χ3n) is 10.0. The number of ether oxygens (including phenoxy) is 2. The largest absolute Gasteiger partial charge is 0.481 e. The highest BCUT2D eigenvalue weighted by atomic mass is 16.5. The Bertz CT molecular complexity index is 1370. The van der Waals surface area contributed by atoms with Gasteiger partial charge in [0.25, 0.3) is 0 Å². The molecular formula is C33H40N4O4. The Balaban J connectivity index is 1.10. The van der Waals surface area contributed by atoms with E-state index in [-0.39, 0.29) is 16.7 Å². The number of nitrogens with zero attached hydrogens (tertiary/aromatic N) is 4. The van der Waals surface area contributed by atoms with Gasteiger partial charge in [-0.2, -0.15) is 4.98 Å². The maximum absolute atomic E-state index is 14.0. The van der Waals surface area contributed by atoms with Crippen molar-refractivity contribution in [3.05, 3.63) is 54.3 Å². The van der Waals surface area contributed by atoms with Gasteiger partial charge in [-0.3, -0.25) is 4.79 Å². The van der Waals surface area contributed by atoms with Crippen LogP contribution < -0.4 is 9.64 Å². The fourth-order valence-electron chi connectivity index (χ4n) is 7.93. The molecule has 0 radical (unpaired) electrons. The first-order chi connectivity index (χ1) is 20.0. The number of hydrogen-bond acceptors (Lipinski definition) is 7. The van der Waals surface area contributed by atoms with Gasteiger partial charge < -0.3 is 18.9 Å². The lowest BCUT2D eigenvalue weighted by Crippen LogP contribution is -2.68. The molecule has 0 atom stereocenters. The van der Waals surface area contributed by atoms with Crippen LogP contribution in [0.5, 0.6) is 5.88 Å². The molecule has 0 spiro atoms. The van der Waals surface area contributed by atoms with E-state index in [4.69, 9.17) is 19.0 Å². The summed E-state index contributed by atoms with van der Waals surface area (Å²) in [5.41, 5.74) is 3.16. The first-order valence-corrected chi connectivity index (χ1v) is 15.4. The number of methoxy groups -OCH3 is 1. The molecule has 4 aliphatic carbocycles. The zero-order chi connectivity index (χ0) is 27.9. The quantitative estimate of drug-likeness (QED) is 0.299. The highest BCUT2D eigenvalue weighted by molar-refractivity contribution is 5.94. The van der Waals surface area contributed by atoms with E-state index in [1.54, 1.807) is 13.3 Å². The van der Waals surface area contributed by atoms with Gasteiger partial charge in [0, 0.05) is 50.0 Å². The van der Waals surface area contributed by atoms with Crippen LogP contribution in [0.2, 0.25) is 0 Å². The van der Waals surface area contributed by atoms with Crippen molar-refractivity contribution in [3.8, 4) is 17.0 Å². The second-order valence-electron chi connectivity index (χ2n) is 13.0. The molecule has 4 saturated carbocycles. The average molecular weight is 557 g/mol. The molecule has 41 heavy (non-hydrogen) atoms. The third kappa shape index (κ3) is 5.16. The molecule has 5 fully saturated rings. The number of amides is 1. The first kappa shape index (κ1) is 26.6. The van der Waals surface area contributed by atoms with Gasteiger partial charge in [-0.1, -0.05) is 36.6 Å². The number of rotatable bonds is 9. The molecule has 1 saturated heterocycles. The summed E-state index contributed by atoms with van der Waals surface area (Å²) in [7, 11) is 1.63. The standard InChI is InChI=1S/C33H40N4O4/c1-39-28-18-26(10-13-34-28)25-8-5-9-27(17-25)37(29(38)16-23-6-3-2-4-7-23)22-32-19-33(20-32,21-32)31-35-30(36-41-31)24-11-14-40-15-12-24/h5,8-10,13,17-18,23-24H,2-4,6-7,11-12,14-16,19-22H2,1H3. The zero-order valence-corrected chi connectivity index (χ0v) is 24.0. The summed E-state index contributed by atoms with van der Waals surface area (Å²) in [4.78, 5) is 25.2. The number of benzene rings is 1. The highest BCUT2D eigenvalue weighted by Gasteiger charge is 2.71. The summed E-state index contributed by atoms with van der Waals surface area (Å²) < 4.78 is 16.7. The second-order valence-corrected chi connectivity index (χ2v) is 13.0. The SMILES string of the molecule is COc1cc(-c2cccc(N(CC34CC(c5nc(C6CCOCC6)no5)(C3)C4)C(=O)CC3CCCCC3)c2)ccn1. The van der Waals surface area contributed by atoms with Gasteiger partial charge in [-0.15, -0.1) is 0 Å². The van der Waals surface area contributed by atoms with Gasteiger partial charge in [-0.05, 0) is 85.6 Å². The molecule has 8 heteroatoms. The number of carbonyl (C=O) groups excluding carboxylic acids is 1. The number of hydrogen-bond donors (Lipinski definition) is 0. The number of pyridine rings is 1. The maximum Gasteiger partial charge on any atom is 0.232 e. The van der Waals surface area contributed by atoms with E-state index in [9.17, 15) is 4.79 Å². The van der Waals surface area contributed by atoms with Crippen LogP contribution in [0.3, 0.4) is 0 Å². The maximum atomic E-state index is 14.0. The topological polar surface area (TPSA) is 90.6 Å².